The molecule has 2 N–H and O–H groups in total. The van der Waals surface area contributed by atoms with Crippen LogP contribution in [-0.4, -0.2) is 48.2 Å². The topological polar surface area (TPSA) is 95.9 Å². The fourth-order valence-electron chi connectivity index (χ4n) is 3.25. The average molecular weight is 376 g/mol. The van der Waals surface area contributed by atoms with E-state index in [1.165, 1.54) is 18.4 Å². The maximum atomic E-state index is 12.7. The largest absolute Gasteiger partial charge is 0.481 e. The standard InChI is InChI=1S/C18H20N2O5S/c1-10-6-12(16(21)22)9-20(8-10)18(24)19-13-5-3-4-11-7-14(17(23)25-2)26-15(11)13/h3-5,7,10,12H,6,8-9H2,1-2H3,(H,19,24)(H,21,22). The first-order chi connectivity index (χ1) is 12.4. The number of benzene rings is 1. The van der Waals surface area contributed by atoms with Crippen molar-refractivity contribution in [3.63, 3.8) is 0 Å². The van der Waals surface area contributed by atoms with Gasteiger partial charge in [-0.15, -0.1) is 11.3 Å². The third-order valence-electron chi connectivity index (χ3n) is 4.47. The number of carbonyl (C=O) groups excluding carboxylic acids is 2. The number of nitrogens with zero attached hydrogens (tertiary/aromatic N) is 1. The molecule has 0 bridgehead atoms. The van der Waals surface area contributed by atoms with E-state index in [1.54, 1.807) is 23.1 Å². The number of hydrogen-bond acceptors (Lipinski definition) is 5. The van der Waals surface area contributed by atoms with E-state index in [2.05, 4.69) is 5.32 Å². The number of esters is 1. The van der Waals surface area contributed by atoms with Gasteiger partial charge in [-0.25, -0.2) is 9.59 Å². The second-order valence-corrected chi connectivity index (χ2v) is 7.59. The highest BCUT2D eigenvalue weighted by molar-refractivity contribution is 7.21. The van der Waals surface area contributed by atoms with Crippen LogP contribution in [0.1, 0.15) is 23.0 Å². The van der Waals surface area contributed by atoms with E-state index in [1.807, 2.05) is 13.0 Å². The molecule has 2 amide bonds. The molecule has 1 saturated heterocycles. The molecule has 2 heterocycles. The first kappa shape index (κ1) is 18.2. The summed E-state index contributed by atoms with van der Waals surface area (Å²) in [5.74, 6) is -1.72. The van der Waals surface area contributed by atoms with Gasteiger partial charge >= 0.3 is 18.0 Å². The van der Waals surface area contributed by atoms with Crippen molar-refractivity contribution < 1.29 is 24.2 Å². The summed E-state index contributed by atoms with van der Waals surface area (Å²) in [4.78, 5) is 37.7. The third kappa shape index (κ3) is 3.65. The number of carbonyl (C=O) groups is 3. The Balaban J connectivity index is 1.81. The quantitative estimate of drug-likeness (QED) is 0.802. The van der Waals surface area contributed by atoms with E-state index in [-0.39, 0.29) is 18.5 Å². The zero-order valence-electron chi connectivity index (χ0n) is 14.5. The van der Waals surface area contributed by atoms with E-state index >= 15 is 0 Å². The lowest BCUT2D eigenvalue weighted by Gasteiger charge is -2.34. The normalized spacial score (nSPS) is 20.0. The molecule has 2 atom stereocenters. The number of aliphatic carboxylic acids is 1. The molecule has 8 heteroatoms. The van der Waals surface area contributed by atoms with E-state index in [0.29, 0.717) is 23.5 Å². The minimum Gasteiger partial charge on any atom is -0.481 e. The third-order valence-corrected chi connectivity index (χ3v) is 5.63. The molecular weight excluding hydrogens is 356 g/mol. The van der Waals surface area contributed by atoms with Gasteiger partial charge in [-0.05, 0) is 29.9 Å². The van der Waals surface area contributed by atoms with Gasteiger partial charge in [0.15, 0.2) is 0 Å². The van der Waals surface area contributed by atoms with Gasteiger partial charge < -0.3 is 20.1 Å². The molecule has 0 spiro atoms. The number of ether oxygens (including phenoxy) is 1. The predicted octanol–water partition coefficient (Wildman–Crippen LogP) is 3.26. The van der Waals surface area contributed by atoms with E-state index in [4.69, 9.17) is 4.74 Å². The molecule has 1 aromatic heterocycles. The van der Waals surface area contributed by atoms with Gasteiger partial charge in [0.2, 0.25) is 0 Å². The van der Waals surface area contributed by atoms with Gasteiger partial charge in [0, 0.05) is 13.1 Å². The van der Waals surface area contributed by atoms with Crippen molar-refractivity contribution in [2.24, 2.45) is 11.8 Å². The number of urea groups is 1. The van der Waals surface area contributed by atoms with Gasteiger partial charge in [0.25, 0.3) is 0 Å². The molecule has 26 heavy (non-hydrogen) atoms. The number of anilines is 1. The molecule has 0 saturated carbocycles. The van der Waals surface area contributed by atoms with Crippen molar-refractivity contribution in [2.45, 2.75) is 13.3 Å². The maximum absolute atomic E-state index is 12.7. The summed E-state index contributed by atoms with van der Waals surface area (Å²) in [6, 6.07) is 6.82. The molecular formula is C18H20N2O5S. The molecule has 1 aliphatic rings. The van der Waals surface area contributed by atoms with E-state index < -0.39 is 17.9 Å². The number of rotatable bonds is 3. The number of hydrogen-bond donors (Lipinski definition) is 2. The van der Waals surface area contributed by atoms with Gasteiger partial charge in [-0.1, -0.05) is 19.1 Å². The molecule has 0 radical (unpaired) electrons. The smallest absolute Gasteiger partial charge is 0.348 e. The fraction of sp³-hybridized carbons (Fsp3) is 0.389. The Morgan fingerprint density at radius 1 is 1.31 bits per heavy atom. The minimum absolute atomic E-state index is 0.124. The highest BCUT2D eigenvalue weighted by Crippen LogP contribution is 2.33. The number of piperidine rings is 1. The number of carboxylic acid groups (broad SMARTS) is 1. The molecule has 138 valence electrons. The number of thiophene rings is 1. The van der Waals surface area contributed by atoms with Crippen molar-refractivity contribution in [3.8, 4) is 0 Å². The summed E-state index contributed by atoms with van der Waals surface area (Å²) in [7, 11) is 1.33. The molecule has 1 aliphatic heterocycles. The monoisotopic (exact) mass is 376 g/mol. The van der Waals surface area contributed by atoms with Crippen LogP contribution in [0.2, 0.25) is 0 Å². The number of methoxy groups -OCH3 is 1. The van der Waals surface area contributed by atoms with Crippen LogP contribution in [0, 0.1) is 11.8 Å². The van der Waals surface area contributed by atoms with E-state index in [0.717, 1.165) is 10.1 Å². The summed E-state index contributed by atoms with van der Waals surface area (Å²) in [5, 5.41) is 13.0. The first-order valence-corrected chi connectivity index (χ1v) is 9.10. The van der Waals surface area contributed by atoms with Crippen LogP contribution >= 0.6 is 11.3 Å². The lowest BCUT2D eigenvalue weighted by atomic mass is 9.91. The van der Waals surface area contributed by atoms with Gasteiger partial charge in [0.05, 0.1) is 23.4 Å². The summed E-state index contributed by atoms with van der Waals surface area (Å²) in [6.45, 7) is 2.65. The summed E-state index contributed by atoms with van der Waals surface area (Å²) >= 11 is 1.25. The molecule has 1 aromatic carbocycles. The van der Waals surface area contributed by atoms with Crippen molar-refractivity contribution in [1.29, 1.82) is 0 Å². The molecule has 2 unspecified atom stereocenters. The second kappa shape index (κ2) is 7.33. The van der Waals surface area contributed by atoms with Crippen LogP contribution in [0.25, 0.3) is 10.1 Å². The van der Waals surface area contributed by atoms with Crippen LogP contribution in [0.4, 0.5) is 10.5 Å². The van der Waals surface area contributed by atoms with Crippen LogP contribution < -0.4 is 5.32 Å². The lowest BCUT2D eigenvalue weighted by Crippen LogP contribution is -2.47. The number of carboxylic acids is 1. The Morgan fingerprint density at radius 3 is 2.77 bits per heavy atom. The van der Waals surface area contributed by atoms with Crippen molar-refractivity contribution in [2.75, 3.05) is 25.5 Å². The lowest BCUT2D eigenvalue weighted by molar-refractivity contribution is -0.143. The first-order valence-electron chi connectivity index (χ1n) is 8.28. The summed E-state index contributed by atoms with van der Waals surface area (Å²) < 4.78 is 5.53. The average Bonchev–Trinajstić information content (AvgIpc) is 3.05. The number of fused-ring (bicyclic) bond motifs is 1. The number of nitrogens with one attached hydrogen (secondary N) is 1. The van der Waals surface area contributed by atoms with Crippen LogP contribution in [0.5, 0.6) is 0 Å². The fourth-order valence-corrected chi connectivity index (χ4v) is 4.30. The molecule has 3 rings (SSSR count). The zero-order valence-corrected chi connectivity index (χ0v) is 15.3. The Hall–Kier alpha value is -2.61. The molecule has 2 aromatic rings. The SMILES string of the molecule is COC(=O)c1cc2cccc(NC(=O)N3CC(C)CC(C(=O)O)C3)c2s1. The zero-order chi connectivity index (χ0) is 18.8. The van der Waals surface area contributed by atoms with Crippen LogP contribution in [-0.2, 0) is 9.53 Å². The Kier molecular flexibility index (Phi) is 5.13. The highest BCUT2D eigenvalue weighted by Gasteiger charge is 2.32. The Labute approximate surface area is 154 Å². The predicted molar refractivity (Wildman–Crippen MR) is 98.7 cm³/mol. The van der Waals surface area contributed by atoms with Crippen molar-refractivity contribution in [1.82, 2.24) is 4.90 Å². The van der Waals surface area contributed by atoms with Gasteiger partial charge in [0.1, 0.15) is 4.88 Å². The summed E-state index contributed by atoms with van der Waals surface area (Å²) in [5.41, 5.74) is 0.595. The van der Waals surface area contributed by atoms with Crippen molar-refractivity contribution in [3.05, 3.63) is 29.1 Å². The Morgan fingerprint density at radius 2 is 2.08 bits per heavy atom. The molecule has 7 nitrogen and oxygen atoms in total. The second-order valence-electron chi connectivity index (χ2n) is 6.54. The Bertz CT molecular complexity index is 862. The van der Waals surface area contributed by atoms with Crippen molar-refractivity contribution >= 4 is 45.1 Å². The van der Waals surface area contributed by atoms with E-state index in [9.17, 15) is 19.5 Å². The van der Waals surface area contributed by atoms with Gasteiger partial charge in [-0.2, -0.15) is 0 Å². The van der Waals surface area contributed by atoms with Crippen LogP contribution in [0.15, 0.2) is 24.3 Å². The molecule has 1 fully saturated rings. The number of likely N-dealkylation sites (tertiary alicyclic amines) is 1. The highest BCUT2D eigenvalue weighted by atomic mass is 32.1. The van der Waals surface area contributed by atoms with Gasteiger partial charge in [-0.3, -0.25) is 4.79 Å². The minimum atomic E-state index is -0.877. The van der Waals surface area contributed by atoms with Crippen LogP contribution in [0.3, 0.4) is 0 Å². The maximum Gasteiger partial charge on any atom is 0.348 e. The molecule has 0 aliphatic carbocycles. The number of amides is 2. The summed E-state index contributed by atoms with van der Waals surface area (Å²) in [6.07, 6.45) is 0.572.